The van der Waals surface area contributed by atoms with Crippen LogP contribution in [0.4, 0.5) is 5.69 Å². The lowest BCUT2D eigenvalue weighted by atomic mass is 10.2. The lowest BCUT2D eigenvalue weighted by molar-refractivity contribution is -0.136. The molecule has 5 nitrogen and oxygen atoms in total. The van der Waals surface area contributed by atoms with Crippen molar-refractivity contribution < 1.29 is 9.59 Å². The quantitative estimate of drug-likeness (QED) is 0.818. The van der Waals surface area contributed by atoms with E-state index in [1.807, 2.05) is 25.9 Å². The number of carbonyl (C=O) groups excluding carboxylic acids is 2. The molecule has 1 aromatic rings. The minimum absolute atomic E-state index is 0.425. The van der Waals surface area contributed by atoms with Gasteiger partial charge in [0.25, 0.3) is 0 Å². The highest BCUT2D eigenvalue weighted by Gasteiger charge is 2.13. The van der Waals surface area contributed by atoms with Gasteiger partial charge in [-0.25, -0.2) is 0 Å². The van der Waals surface area contributed by atoms with Gasteiger partial charge in [0.15, 0.2) is 0 Å². The summed E-state index contributed by atoms with van der Waals surface area (Å²) in [6.07, 6.45) is 0. The molecule has 0 aromatic heterocycles. The second kappa shape index (κ2) is 7.11. The Morgan fingerprint density at radius 1 is 1.26 bits per heavy atom. The van der Waals surface area contributed by atoms with Gasteiger partial charge in [0.05, 0.1) is 0 Å². The number of carbonyl (C=O) groups is 2. The number of nitrogens with one attached hydrogen (secondary N) is 2. The number of hydrogen-bond donors (Lipinski definition) is 2. The van der Waals surface area contributed by atoms with E-state index in [2.05, 4.69) is 10.6 Å². The Kier molecular flexibility index (Phi) is 5.79. The Bertz CT molecular complexity index is 475. The average molecular weight is 284 g/mol. The molecule has 19 heavy (non-hydrogen) atoms. The SMILES string of the molecule is Cc1ccc(NC(=O)C(=O)NCCN(C)C)cc1Cl. The molecule has 0 saturated heterocycles. The number of halogens is 1. The molecule has 0 aliphatic carbocycles. The predicted molar refractivity (Wildman–Crippen MR) is 76.4 cm³/mol. The van der Waals surface area contributed by atoms with Crippen LogP contribution in [0.1, 0.15) is 5.56 Å². The zero-order chi connectivity index (χ0) is 14.4. The first-order valence-corrected chi connectivity index (χ1v) is 6.28. The molecule has 0 aliphatic heterocycles. The Morgan fingerprint density at radius 2 is 1.95 bits per heavy atom. The third kappa shape index (κ3) is 5.28. The third-order valence-corrected chi connectivity index (χ3v) is 2.89. The fourth-order valence-corrected chi connectivity index (χ4v) is 1.51. The van der Waals surface area contributed by atoms with Crippen molar-refractivity contribution in [2.45, 2.75) is 6.92 Å². The maximum Gasteiger partial charge on any atom is 0.313 e. The van der Waals surface area contributed by atoms with Gasteiger partial charge < -0.3 is 15.5 Å². The minimum Gasteiger partial charge on any atom is -0.347 e. The maximum absolute atomic E-state index is 11.6. The van der Waals surface area contributed by atoms with Crippen LogP contribution in [0.5, 0.6) is 0 Å². The Labute approximate surface area is 117 Å². The number of nitrogens with zero attached hydrogens (tertiary/aromatic N) is 1. The number of anilines is 1. The van der Waals surface area contributed by atoms with Gasteiger partial charge in [-0.15, -0.1) is 0 Å². The molecule has 0 aliphatic rings. The molecule has 0 bridgehead atoms. The Hall–Kier alpha value is -1.59. The zero-order valence-electron chi connectivity index (χ0n) is 11.3. The van der Waals surface area contributed by atoms with E-state index in [1.54, 1.807) is 18.2 Å². The summed E-state index contributed by atoms with van der Waals surface area (Å²) in [4.78, 5) is 25.0. The van der Waals surface area contributed by atoms with Gasteiger partial charge in [-0.3, -0.25) is 9.59 Å². The third-order valence-electron chi connectivity index (χ3n) is 2.48. The molecule has 0 spiro atoms. The molecule has 0 radical (unpaired) electrons. The highest BCUT2D eigenvalue weighted by molar-refractivity contribution is 6.39. The molecule has 6 heteroatoms. The summed E-state index contributed by atoms with van der Waals surface area (Å²) in [7, 11) is 3.78. The Morgan fingerprint density at radius 3 is 2.53 bits per heavy atom. The summed E-state index contributed by atoms with van der Waals surface area (Å²) in [5.74, 6) is -1.35. The summed E-state index contributed by atoms with van der Waals surface area (Å²) in [6, 6.07) is 5.09. The van der Waals surface area contributed by atoms with Gasteiger partial charge in [-0.1, -0.05) is 17.7 Å². The van der Waals surface area contributed by atoms with Crippen LogP contribution >= 0.6 is 11.6 Å². The zero-order valence-corrected chi connectivity index (χ0v) is 12.0. The average Bonchev–Trinajstić information content (AvgIpc) is 2.33. The van der Waals surface area contributed by atoms with E-state index < -0.39 is 11.8 Å². The lowest BCUT2D eigenvalue weighted by Gasteiger charge is -2.10. The van der Waals surface area contributed by atoms with Gasteiger partial charge in [0.2, 0.25) is 0 Å². The van der Waals surface area contributed by atoms with E-state index in [4.69, 9.17) is 11.6 Å². The van der Waals surface area contributed by atoms with Crippen LogP contribution < -0.4 is 10.6 Å². The minimum atomic E-state index is -0.696. The van der Waals surface area contributed by atoms with E-state index in [-0.39, 0.29) is 0 Å². The largest absolute Gasteiger partial charge is 0.347 e. The second-order valence-electron chi connectivity index (χ2n) is 4.48. The highest BCUT2D eigenvalue weighted by atomic mass is 35.5. The number of likely N-dealkylation sites (N-methyl/N-ethyl adjacent to an activating group) is 1. The fourth-order valence-electron chi connectivity index (χ4n) is 1.33. The van der Waals surface area contributed by atoms with Crippen LogP contribution in [-0.4, -0.2) is 43.9 Å². The highest BCUT2D eigenvalue weighted by Crippen LogP contribution is 2.19. The van der Waals surface area contributed by atoms with Gasteiger partial charge >= 0.3 is 11.8 Å². The van der Waals surface area contributed by atoms with Crippen LogP contribution in [-0.2, 0) is 9.59 Å². The van der Waals surface area contributed by atoms with Crippen LogP contribution in [0, 0.1) is 6.92 Å². The van der Waals surface area contributed by atoms with Crippen LogP contribution in [0.25, 0.3) is 0 Å². The molecule has 2 N–H and O–H groups in total. The first-order chi connectivity index (χ1) is 8.90. The van der Waals surface area contributed by atoms with Gasteiger partial charge in [0, 0.05) is 23.8 Å². The number of aryl methyl sites for hydroxylation is 1. The number of hydrogen-bond acceptors (Lipinski definition) is 3. The standard InChI is InChI=1S/C13H18ClN3O2/c1-9-4-5-10(8-11(9)14)16-13(19)12(18)15-6-7-17(2)3/h4-5,8H,6-7H2,1-3H3,(H,15,18)(H,16,19). The summed E-state index contributed by atoms with van der Waals surface area (Å²) >= 11 is 5.94. The topological polar surface area (TPSA) is 61.4 Å². The van der Waals surface area contributed by atoms with Crippen molar-refractivity contribution in [1.29, 1.82) is 0 Å². The van der Waals surface area contributed by atoms with E-state index in [1.165, 1.54) is 0 Å². The normalized spacial score (nSPS) is 10.4. The Balaban J connectivity index is 2.49. The van der Waals surface area contributed by atoms with E-state index >= 15 is 0 Å². The van der Waals surface area contributed by atoms with E-state index in [0.717, 1.165) is 5.56 Å². The lowest BCUT2D eigenvalue weighted by Crippen LogP contribution is -2.38. The van der Waals surface area contributed by atoms with Crippen molar-refractivity contribution in [1.82, 2.24) is 10.2 Å². The molecule has 0 saturated carbocycles. The van der Waals surface area contributed by atoms with Crippen LogP contribution in [0.2, 0.25) is 5.02 Å². The summed E-state index contributed by atoms with van der Waals surface area (Å²) < 4.78 is 0. The molecule has 2 amide bonds. The summed E-state index contributed by atoms with van der Waals surface area (Å²) in [5, 5.41) is 5.58. The van der Waals surface area contributed by atoms with Gasteiger partial charge in [0.1, 0.15) is 0 Å². The smallest absolute Gasteiger partial charge is 0.313 e. The molecule has 104 valence electrons. The molecule has 1 aromatic carbocycles. The number of rotatable bonds is 4. The fraction of sp³-hybridized carbons (Fsp3) is 0.385. The predicted octanol–water partition coefficient (Wildman–Crippen LogP) is 1.26. The molecular formula is C13H18ClN3O2. The summed E-state index contributed by atoms with van der Waals surface area (Å²) in [5.41, 5.74) is 1.42. The molecule has 1 rings (SSSR count). The first kappa shape index (κ1) is 15.5. The number of benzene rings is 1. The molecule has 0 heterocycles. The molecule has 0 atom stereocenters. The molecule has 0 fully saturated rings. The second-order valence-corrected chi connectivity index (χ2v) is 4.88. The maximum atomic E-state index is 11.6. The number of amides is 2. The van der Waals surface area contributed by atoms with Crippen molar-refractivity contribution in [2.75, 3.05) is 32.5 Å². The first-order valence-electron chi connectivity index (χ1n) is 5.90. The van der Waals surface area contributed by atoms with Crippen molar-refractivity contribution >= 4 is 29.1 Å². The van der Waals surface area contributed by atoms with E-state index in [9.17, 15) is 9.59 Å². The molecular weight excluding hydrogens is 266 g/mol. The van der Waals surface area contributed by atoms with Crippen LogP contribution in [0.3, 0.4) is 0 Å². The van der Waals surface area contributed by atoms with Gasteiger partial charge in [-0.2, -0.15) is 0 Å². The van der Waals surface area contributed by atoms with Crippen molar-refractivity contribution in [3.8, 4) is 0 Å². The van der Waals surface area contributed by atoms with Crippen molar-refractivity contribution in [3.63, 3.8) is 0 Å². The van der Waals surface area contributed by atoms with Crippen molar-refractivity contribution in [3.05, 3.63) is 28.8 Å². The van der Waals surface area contributed by atoms with Gasteiger partial charge in [-0.05, 0) is 38.7 Å². The molecule has 0 unspecified atom stereocenters. The van der Waals surface area contributed by atoms with Crippen LogP contribution in [0.15, 0.2) is 18.2 Å². The summed E-state index contributed by atoms with van der Waals surface area (Å²) in [6.45, 7) is 2.96. The monoisotopic (exact) mass is 283 g/mol. The van der Waals surface area contributed by atoms with E-state index in [0.29, 0.717) is 23.8 Å². The van der Waals surface area contributed by atoms with Crippen molar-refractivity contribution in [2.24, 2.45) is 0 Å².